The van der Waals surface area contributed by atoms with Crippen molar-refractivity contribution in [2.24, 2.45) is 5.73 Å². The van der Waals surface area contributed by atoms with Gasteiger partial charge in [0.1, 0.15) is 11.9 Å². The number of hydrogen-bond acceptors (Lipinski definition) is 2. The average Bonchev–Trinajstić information content (AvgIpc) is 2.32. The minimum Gasteiger partial charge on any atom is -0.351 e. The molecule has 0 saturated heterocycles. The van der Waals surface area contributed by atoms with Crippen molar-refractivity contribution in [1.82, 2.24) is 5.32 Å². The number of hydrogen-bond donors (Lipinski definition) is 3. The number of rotatable bonds is 4. The second-order valence-corrected chi connectivity index (χ2v) is 5.23. The second kappa shape index (κ2) is 6.88. The van der Waals surface area contributed by atoms with E-state index in [0.717, 1.165) is 0 Å². The number of carbonyl (C=O) groups is 2. The van der Waals surface area contributed by atoms with Crippen molar-refractivity contribution in [1.29, 1.82) is 0 Å². The van der Waals surface area contributed by atoms with Crippen LogP contribution in [0, 0.1) is 5.82 Å². The first-order chi connectivity index (χ1) is 9.22. The van der Waals surface area contributed by atoms with E-state index in [0.29, 0.717) is 10.6 Å². The van der Waals surface area contributed by atoms with E-state index in [1.165, 1.54) is 12.1 Å². The van der Waals surface area contributed by atoms with Crippen LogP contribution in [0.25, 0.3) is 0 Å². The van der Waals surface area contributed by atoms with Crippen molar-refractivity contribution >= 4 is 35.1 Å². The molecule has 0 aliphatic heterocycles. The molecule has 0 bridgehead atoms. The molecular formula is C12H15Cl2FN3O2+. The lowest BCUT2D eigenvalue weighted by Gasteiger charge is -2.17. The maximum absolute atomic E-state index is 13.4. The van der Waals surface area contributed by atoms with E-state index in [-0.39, 0.29) is 11.1 Å². The Bertz CT molecular complexity index is 540. The van der Waals surface area contributed by atoms with Crippen LogP contribution in [0.2, 0.25) is 10.0 Å². The van der Waals surface area contributed by atoms with Crippen LogP contribution in [0.15, 0.2) is 12.1 Å². The monoisotopic (exact) mass is 322 g/mol. The molecule has 1 aromatic carbocycles. The quantitative estimate of drug-likeness (QED) is 0.730. The zero-order valence-corrected chi connectivity index (χ0v) is 12.4. The van der Waals surface area contributed by atoms with Gasteiger partial charge in [0, 0.05) is 5.56 Å². The molecule has 8 heteroatoms. The zero-order chi connectivity index (χ0) is 15.4. The minimum atomic E-state index is -0.918. The van der Waals surface area contributed by atoms with Crippen molar-refractivity contribution in [3.8, 4) is 0 Å². The molecule has 1 rings (SSSR count). The Morgan fingerprint density at radius 2 is 1.90 bits per heavy atom. The first-order valence-corrected chi connectivity index (χ1v) is 6.57. The summed E-state index contributed by atoms with van der Waals surface area (Å²) in [7, 11) is 0. The van der Waals surface area contributed by atoms with Crippen molar-refractivity contribution < 1.29 is 19.3 Å². The Balaban J connectivity index is 2.81. The second-order valence-electron chi connectivity index (χ2n) is 4.41. The molecule has 2 atom stereocenters. The highest BCUT2D eigenvalue weighted by molar-refractivity contribution is 6.35. The Kier molecular flexibility index (Phi) is 5.74. The number of carbonyl (C=O) groups excluding carboxylic acids is 2. The molecule has 3 amide bonds. The first kappa shape index (κ1) is 16.7. The number of quaternary nitrogens is 1. The number of urea groups is 1. The van der Waals surface area contributed by atoms with Gasteiger partial charge in [-0.3, -0.25) is 10.1 Å². The highest BCUT2D eigenvalue weighted by atomic mass is 35.5. The van der Waals surface area contributed by atoms with Crippen LogP contribution in [0.4, 0.5) is 9.18 Å². The summed E-state index contributed by atoms with van der Waals surface area (Å²) in [5.41, 5.74) is 5.37. The molecule has 0 unspecified atom stereocenters. The third kappa shape index (κ3) is 4.33. The van der Waals surface area contributed by atoms with Crippen LogP contribution in [0.5, 0.6) is 0 Å². The Morgan fingerprint density at radius 3 is 2.45 bits per heavy atom. The minimum absolute atomic E-state index is 0.0644. The summed E-state index contributed by atoms with van der Waals surface area (Å²) in [6.45, 7) is 3.34. The van der Waals surface area contributed by atoms with E-state index in [1.54, 1.807) is 19.2 Å². The van der Waals surface area contributed by atoms with Crippen molar-refractivity contribution in [2.45, 2.75) is 25.9 Å². The van der Waals surface area contributed by atoms with Crippen LogP contribution in [-0.4, -0.2) is 18.0 Å². The van der Waals surface area contributed by atoms with Gasteiger partial charge in [-0.15, -0.1) is 0 Å². The molecule has 20 heavy (non-hydrogen) atoms. The van der Waals surface area contributed by atoms with Crippen LogP contribution in [0.3, 0.4) is 0 Å². The summed E-state index contributed by atoms with van der Waals surface area (Å²) in [4.78, 5) is 22.2. The van der Waals surface area contributed by atoms with Crippen molar-refractivity contribution in [2.75, 3.05) is 0 Å². The summed E-state index contributed by atoms with van der Waals surface area (Å²) >= 11 is 11.6. The van der Waals surface area contributed by atoms with Gasteiger partial charge in [-0.05, 0) is 26.0 Å². The number of benzene rings is 1. The summed E-state index contributed by atoms with van der Waals surface area (Å²) in [5, 5.41) is 3.85. The van der Waals surface area contributed by atoms with Crippen molar-refractivity contribution in [3.05, 3.63) is 33.6 Å². The Morgan fingerprint density at radius 1 is 1.30 bits per heavy atom. The number of nitrogens with two attached hydrogens (primary N) is 2. The molecule has 0 radical (unpaired) electrons. The van der Waals surface area contributed by atoms with E-state index in [1.807, 2.05) is 5.32 Å². The summed E-state index contributed by atoms with van der Waals surface area (Å²) in [6.07, 6.45) is 0. The van der Waals surface area contributed by atoms with E-state index < -0.39 is 23.8 Å². The smallest absolute Gasteiger partial charge is 0.319 e. The number of amides is 3. The molecule has 0 heterocycles. The third-order valence-corrected chi connectivity index (χ3v) is 3.38. The van der Waals surface area contributed by atoms with Crippen LogP contribution in [0.1, 0.15) is 25.5 Å². The van der Waals surface area contributed by atoms with E-state index >= 15 is 0 Å². The predicted octanol–water partition coefficient (Wildman–Crippen LogP) is 1.34. The number of nitrogens with one attached hydrogen (secondary N) is 1. The maximum atomic E-state index is 13.4. The molecule has 0 aliphatic carbocycles. The zero-order valence-electron chi connectivity index (χ0n) is 10.9. The lowest BCUT2D eigenvalue weighted by Crippen LogP contribution is -2.92. The molecule has 0 aliphatic rings. The Labute approximate surface area is 125 Å². The SMILES string of the molecule is C[C@@H]([NH2+][C@H](C)c1cc(F)c(Cl)cc1Cl)C(=O)NC(N)=O. The molecule has 5 N–H and O–H groups in total. The highest BCUT2D eigenvalue weighted by Crippen LogP contribution is 2.27. The molecule has 5 nitrogen and oxygen atoms in total. The number of imide groups is 1. The predicted molar refractivity (Wildman–Crippen MR) is 73.9 cm³/mol. The summed E-state index contributed by atoms with van der Waals surface area (Å²) in [6, 6.07) is 0.727. The molecule has 0 aromatic heterocycles. The van der Waals surface area contributed by atoms with Crippen LogP contribution in [-0.2, 0) is 4.79 Å². The molecule has 0 fully saturated rings. The highest BCUT2D eigenvalue weighted by Gasteiger charge is 2.23. The fourth-order valence-electron chi connectivity index (χ4n) is 1.75. The van der Waals surface area contributed by atoms with Gasteiger partial charge in [0.25, 0.3) is 5.91 Å². The normalized spacial score (nSPS) is 13.7. The fourth-order valence-corrected chi connectivity index (χ4v) is 2.30. The average molecular weight is 323 g/mol. The third-order valence-electron chi connectivity index (χ3n) is 2.77. The topological polar surface area (TPSA) is 88.8 Å². The summed E-state index contributed by atoms with van der Waals surface area (Å²) < 4.78 is 13.4. The van der Waals surface area contributed by atoms with Gasteiger partial charge in [-0.25, -0.2) is 9.18 Å². The van der Waals surface area contributed by atoms with Gasteiger partial charge in [-0.1, -0.05) is 23.2 Å². The fraction of sp³-hybridized carbons (Fsp3) is 0.333. The van der Waals surface area contributed by atoms with E-state index in [4.69, 9.17) is 28.9 Å². The van der Waals surface area contributed by atoms with Gasteiger partial charge < -0.3 is 11.1 Å². The van der Waals surface area contributed by atoms with Gasteiger partial charge in [0.15, 0.2) is 6.04 Å². The van der Waals surface area contributed by atoms with Crippen molar-refractivity contribution in [3.63, 3.8) is 0 Å². The maximum Gasteiger partial charge on any atom is 0.319 e. The Hall–Kier alpha value is -1.37. The van der Waals surface area contributed by atoms with Gasteiger partial charge >= 0.3 is 6.03 Å². The van der Waals surface area contributed by atoms with Gasteiger partial charge in [0.2, 0.25) is 0 Å². The molecule has 110 valence electrons. The first-order valence-electron chi connectivity index (χ1n) is 5.82. The lowest BCUT2D eigenvalue weighted by molar-refractivity contribution is -0.710. The molecule has 1 aromatic rings. The van der Waals surface area contributed by atoms with Gasteiger partial charge in [-0.2, -0.15) is 0 Å². The standard InChI is InChI=1S/C12H14Cl2FN3O2/c1-5(17-6(2)11(19)18-12(16)20)7-3-10(15)9(14)4-8(7)13/h3-6,17H,1-2H3,(H3,16,18,19,20)/p+1/t5-,6-/m1/s1. The number of primary amides is 1. The lowest BCUT2D eigenvalue weighted by atomic mass is 10.1. The van der Waals surface area contributed by atoms with Gasteiger partial charge in [0.05, 0.1) is 10.0 Å². The molecular weight excluding hydrogens is 308 g/mol. The van der Waals surface area contributed by atoms with Crippen LogP contribution < -0.4 is 16.4 Å². The molecule has 0 saturated carbocycles. The molecule has 0 spiro atoms. The number of halogens is 3. The van der Waals surface area contributed by atoms with Crippen LogP contribution >= 0.6 is 23.2 Å². The largest absolute Gasteiger partial charge is 0.351 e. The van der Waals surface area contributed by atoms with E-state index in [9.17, 15) is 14.0 Å². The summed E-state index contributed by atoms with van der Waals surface area (Å²) in [5.74, 6) is -1.12. The van der Waals surface area contributed by atoms with E-state index in [2.05, 4.69) is 0 Å².